The first-order valence-corrected chi connectivity index (χ1v) is 19.9. The fourth-order valence-corrected chi connectivity index (χ4v) is 9.24. The molecule has 0 radical (unpaired) electrons. The standard InChI is InChI=1S/C46H46N6O5.2ClH/c1-47-18-20-49(21-19-47)28-35-22-30-6-3-4-7-32(30)27-51(35)45(54)38-26-44-43(56-29-57-44)25-37(38)42-24-39(41-8-5-16-50(41)42)46(55)52(33-9-12-36(53)13-10-33)34-11-14-40-31(23-34)15-17-48(40)2;;/h3-4,6-7,9-15,17,23-26,35,53H,5,8,16,18-22,27-29H2,1-2H3;2*1H/t35-;;/m0../s1. The molecule has 4 aliphatic rings. The summed E-state index contributed by atoms with van der Waals surface area (Å²) in [6.45, 7) is 6.08. The molecule has 59 heavy (non-hydrogen) atoms. The van der Waals surface area contributed by atoms with Crippen LogP contribution in [-0.4, -0.2) is 93.4 Å². The van der Waals surface area contributed by atoms with Gasteiger partial charge in [-0.25, -0.2) is 0 Å². The number of likely N-dealkylation sites (N-methyl/N-ethyl adjacent to an activating group) is 1. The number of halogens is 2. The Morgan fingerprint density at radius 1 is 0.797 bits per heavy atom. The highest BCUT2D eigenvalue weighted by Crippen LogP contribution is 2.43. The predicted octanol–water partition coefficient (Wildman–Crippen LogP) is 7.66. The van der Waals surface area contributed by atoms with E-state index in [9.17, 15) is 5.11 Å². The van der Waals surface area contributed by atoms with Gasteiger partial charge < -0.3 is 33.5 Å². The molecule has 1 saturated heterocycles. The van der Waals surface area contributed by atoms with Crippen LogP contribution in [0.4, 0.5) is 11.4 Å². The largest absolute Gasteiger partial charge is 0.508 e. The van der Waals surface area contributed by atoms with Gasteiger partial charge in [-0.15, -0.1) is 24.8 Å². The molecule has 0 aliphatic carbocycles. The van der Waals surface area contributed by atoms with Crippen molar-refractivity contribution in [3.05, 3.63) is 125 Å². The van der Waals surface area contributed by atoms with E-state index in [-0.39, 0.29) is 55.2 Å². The smallest absolute Gasteiger partial charge is 0.264 e. The number of aryl methyl sites for hydroxylation is 1. The second-order valence-electron chi connectivity index (χ2n) is 15.9. The van der Waals surface area contributed by atoms with Crippen LogP contribution < -0.4 is 14.4 Å². The van der Waals surface area contributed by atoms with Crippen molar-refractivity contribution in [1.82, 2.24) is 23.8 Å². The van der Waals surface area contributed by atoms with Gasteiger partial charge in [0.15, 0.2) is 11.5 Å². The van der Waals surface area contributed by atoms with Gasteiger partial charge in [0.05, 0.1) is 11.1 Å². The lowest BCUT2D eigenvalue weighted by atomic mass is 9.92. The number of benzene rings is 4. The van der Waals surface area contributed by atoms with E-state index in [0.717, 1.165) is 92.1 Å². The average molecular weight is 836 g/mol. The van der Waals surface area contributed by atoms with Crippen LogP contribution in [0.3, 0.4) is 0 Å². The summed E-state index contributed by atoms with van der Waals surface area (Å²) < 4.78 is 16.1. The lowest BCUT2D eigenvalue weighted by Crippen LogP contribution is -2.53. The first kappa shape index (κ1) is 40.3. The van der Waals surface area contributed by atoms with Crippen molar-refractivity contribution in [3.8, 4) is 28.5 Å². The molecule has 2 aromatic heterocycles. The Labute approximate surface area is 356 Å². The van der Waals surface area contributed by atoms with E-state index in [1.807, 2.05) is 55.7 Å². The average Bonchev–Trinajstić information content (AvgIpc) is 4.04. The summed E-state index contributed by atoms with van der Waals surface area (Å²) in [5.41, 5.74) is 8.49. The number of phenols is 1. The summed E-state index contributed by atoms with van der Waals surface area (Å²) >= 11 is 0. The van der Waals surface area contributed by atoms with E-state index in [0.29, 0.717) is 34.9 Å². The zero-order valence-corrected chi connectivity index (χ0v) is 34.8. The number of piperazine rings is 1. The summed E-state index contributed by atoms with van der Waals surface area (Å²) in [5, 5.41) is 11.2. The monoisotopic (exact) mass is 834 g/mol. The van der Waals surface area contributed by atoms with Crippen LogP contribution in [-0.2, 0) is 33.0 Å². The molecule has 0 unspecified atom stereocenters. The number of fused-ring (bicyclic) bond motifs is 4. The molecule has 0 bridgehead atoms. The summed E-state index contributed by atoms with van der Waals surface area (Å²) in [6.07, 6.45) is 4.40. The zero-order valence-electron chi connectivity index (χ0n) is 33.2. The summed E-state index contributed by atoms with van der Waals surface area (Å²) in [4.78, 5) is 39.0. The maximum atomic E-state index is 15.3. The molecule has 6 heterocycles. The number of aromatic nitrogens is 2. The van der Waals surface area contributed by atoms with Crippen molar-refractivity contribution in [2.24, 2.45) is 7.05 Å². The summed E-state index contributed by atoms with van der Waals surface area (Å²) in [5.74, 6) is 1.03. The number of carbonyl (C=O) groups excluding carboxylic acids is 2. The molecule has 1 atom stereocenters. The number of rotatable bonds is 7. The minimum Gasteiger partial charge on any atom is -0.508 e. The van der Waals surface area contributed by atoms with E-state index in [2.05, 4.69) is 55.1 Å². The SMILES string of the molecule is CN1CCN(C[C@@H]2Cc3ccccc3CN2C(=O)c2cc3c(cc2-c2cc(C(=O)N(c4ccc(O)cc4)c4ccc5c(ccn5C)c4)c4n2CCC4)OCO3)CC1.Cl.Cl. The lowest BCUT2D eigenvalue weighted by Gasteiger charge is -2.41. The molecule has 1 N–H and O–H groups in total. The van der Waals surface area contributed by atoms with E-state index in [1.165, 1.54) is 11.1 Å². The van der Waals surface area contributed by atoms with Crippen LogP contribution >= 0.6 is 24.8 Å². The van der Waals surface area contributed by atoms with Gasteiger partial charge in [-0.05, 0) is 104 Å². The van der Waals surface area contributed by atoms with Crippen molar-refractivity contribution < 1.29 is 24.2 Å². The van der Waals surface area contributed by atoms with Gasteiger partial charge in [-0.1, -0.05) is 24.3 Å². The van der Waals surface area contributed by atoms with Gasteiger partial charge in [0.25, 0.3) is 11.8 Å². The Morgan fingerprint density at radius 2 is 1.53 bits per heavy atom. The second kappa shape index (κ2) is 16.3. The van der Waals surface area contributed by atoms with Crippen LogP contribution in [0.1, 0.15) is 44.0 Å². The predicted molar refractivity (Wildman–Crippen MR) is 234 cm³/mol. The number of ether oxygens (including phenoxy) is 2. The normalized spacial score (nSPS) is 17.3. The van der Waals surface area contributed by atoms with Gasteiger partial charge in [0.2, 0.25) is 6.79 Å². The first-order chi connectivity index (χ1) is 27.8. The fourth-order valence-electron chi connectivity index (χ4n) is 9.24. The van der Waals surface area contributed by atoms with Gasteiger partial charge in [0, 0.05) is 104 Å². The molecule has 0 spiro atoms. The quantitative estimate of drug-likeness (QED) is 0.177. The van der Waals surface area contributed by atoms with Crippen LogP contribution in [0.5, 0.6) is 17.2 Å². The van der Waals surface area contributed by atoms with E-state index in [1.54, 1.807) is 29.2 Å². The van der Waals surface area contributed by atoms with Crippen molar-refractivity contribution in [2.45, 2.75) is 38.4 Å². The molecule has 0 saturated carbocycles. The van der Waals surface area contributed by atoms with Gasteiger partial charge >= 0.3 is 0 Å². The van der Waals surface area contributed by atoms with Crippen LogP contribution in [0, 0.1) is 0 Å². The zero-order chi connectivity index (χ0) is 38.8. The highest BCUT2D eigenvalue weighted by atomic mass is 35.5. The fraction of sp³-hybridized carbons (Fsp3) is 0.304. The van der Waals surface area contributed by atoms with Crippen LogP contribution in [0.15, 0.2) is 97.2 Å². The van der Waals surface area contributed by atoms with E-state index >= 15 is 9.59 Å². The Balaban J connectivity index is 0.00000242. The number of amides is 2. The molecule has 306 valence electrons. The number of anilines is 2. The number of aromatic hydroxyl groups is 1. The van der Waals surface area contributed by atoms with Crippen LogP contribution in [0.2, 0.25) is 0 Å². The van der Waals surface area contributed by atoms with Crippen molar-refractivity contribution in [2.75, 3.05) is 51.5 Å². The maximum absolute atomic E-state index is 15.3. The molecule has 11 nitrogen and oxygen atoms in total. The Hall–Kier alpha value is -5.46. The Kier molecular flexibility index (Phi) is 11.1. The number of nitrogens with zero attached hydrogens (tertiary/aromatic N) is 6. The topological polar surface area (TPSA) is 95.7 Å². The summed E-state index contributed by atoms with van der Waals surface area (Å²) in [6, 6.07) is 29.0. The van der Waals surface area contributed by atoms with Gasteiger partial charge in [-0.3, -0.25) is 19.4 Å². The highest BCUT2D eigenvalue weighted by Gasteiger charge is 2.36. The van der Waals surface area contributed by atoms with Crippen molar-refractivity contribution in [1.29, 1.82) is 0 Å². The molecule has 10 rings (SSSR count). The minimum absolute atomic E-state index is 0. The highest BCUT2D eigenvalue weighted by molar-refractivity contribution is 6.13. The van der Waals surface area contributed by atoms with Crippen molar-refractivity contribution >= 4 is 58.9 Å². The lowest BCUT2D eigenvalue weighted by molar-refractivity contribution is 0.0536. The molecule has 13 heteroatoms. The van der Waals surface area contributed by atoms with Gasteiger partial charge in [-0.2, -0.15) is 0 Å². The Morgan fingerprint density at radius 3 is 2.31 bits per heavy atom. The first-order valence-electron chi connectivity index (χ1n) is 19.9. The van der Waals surface area contributed by atoms with E-state index in [4.69, 9.17) is 9.47 Å². The van der Waals surface area contributed by atoms with E-state index < -0.39 is 0 Å². The molecular weight excluding hydrogens is 787 g/mol. The summed E-state index contributed by atoms with van der Waals surface area (Å²) in [7, 11) is 4.17. The third kappa shape index (κ3) is 7.31. The van der Waals surface area contributed by atoms with Crippen molar-refractivity contribution in [3.63, 3.8) is 0 Å². The minimum atomic E-state index is -0.179. The number of hydrogen-bond donors (Lipinski definition) is 1. The molecule has 4 aromatic carbocycles. The maximum Gasteiger partial charge on any atom is 0.264 e. The number of phenolic OH excluding ortho intramolecular Hbond substituents is 1. The number of hydrogen-bond acceptors (Lipinski definition) is 7. The molecule has 2 amide bonds. The number of carbonyl (C=O) groups is 2. The second-order valence-corrected chi connectivity index (χ2v) is 15.9. The third-order valence-corrected chi connectivity index (χ3v) is 12.4. The molecular formula is C46H48Cl2N6O5. The third-order valence-electron chi connectivity index (χ3n) is 12.4. The van der Waals surface area contributed by atoms with Crippen LogP contribution in [0.25, 0.3) is 22.2 Å². The molecule has 1 fully saturated rings. The molecule has 6 aromatic rings. The van der Waals surface area contributed by atoms with Gasteiger partial charge in [0.1, 0.15) is 5.75 Å². The Bertz CT molecular complexity index is 2540. The molecule has 4 aliphatic heterocycles.